The minimum Gasteiger partial charge on any atom is -0.493 e. The third-order valence-corrected chi connectivity index (χ3v) is 6.39. The lowest BCUT2D eigenvalue weighted by atomic mass is 9.75. The Balaban J connectivity index is 2.04. The number of ether oxygens (including phenoxy) is 3. The van der Waals surface area contributed by atoms with Crippen molar-refractivity contribution < 1.29 is 24.1 Å². The molecule has 32 heavy (non-hydrogen) atoms. The molecule has 1 saturated heterocycles. The largest absolute Gasteiger partial charge is 0.493 e. The van der Waals surface area contributed by atoms with Crippen LogP contribution >= 0.6 is 11.6 Å². The lowest BCUT2D eigenvalue weighted by Crippen LogP contribution is -2.35. The van der Waals surface area contributed by atoms with Crippen molar-refractivity contribution in [2.45, 2.75) is 52.2 Å². The molecule has 2 aromatic carbocycles. The number of benzene rings is 2. The van der Waals surface area contributed by atoms with Crippen molar-refractivity contribution in [2.24, 2.45) is 5.92 Å². The first-order valence-electron chi connectivity index (χ1n) is 10.7. The molecule has 1 aliphatic heterocycles. The number of aryl methyl sites for hydroxylation is 2. The molecule has 6 heteroatoms. The summed E-state index contributed by atoms with van der Waals surface area (Å²) in [6.07, 6.45) is 0.383. The molecule has 1 aliphatic rings. The zero-order chi connectivity index (χ0) is 23.6. The van der Waals surface area contributed by atoms with Crippen LogP contribution in [0.2, 0.25) is 5.02 Å². The van der Waals surface area contributed by atoms with Gasteiger partial charge in [-0.3, -0.25) is 0 Å². The third kappa shape index (κ3) is 5.11. The fraction of sp³-hybridized carbons (Fsp3) is 0.423. The van der Waals surface area contributed by atoms with Gasteiger partial charge in [0.05, 0.1) is 19.3 Å². The Morgan fingerprint density at radius 1 is 1.25 bits per heavy atom. The van der Waals surface area contributed by atoms with Crippen LogP contribution in [-0.4, -0.2) is 30.9 Å². The van der Waals surface area contributed by atoms with Crippen LogP contribution in [0.25, 0.3) is 0 Å². The highest BCUT2D eigenvalue weighted by Crippen LogP contribution is 2.50. The number of hydrogen-bond acceptors (Lipinski definition) is 4. The Morgan fingerprint density at radius 2 is 1.97 bits per heavy atom. The van der Waals surface area contributed by atoms with E-state index in [0.29, 0.717) is 22.1 Å². The van der Waals surface area contributed by atoms with Crippen LogP contribution in [0.5, 0.6) is 11.5 Å². The van der Waals surface area contributed by atoms with Gasteiger partial charge in [0, 0.05) is 28.5 Å². The predicted octanol–water partition coefficient (Wildman–Crippen LogP) is 6.25. The maximum absolute atomic E-state index is 11.2. The maximum atomic E-state index is 11.2. The zero-order valence-electron chi connectivity index (χ0n) is 19.3. The molecule has 172 valence electrons. The van der Waals surface area contributed by atoms with Crippen molar-refractivity contribution in [1.82, 2.24) is 0 Å². The van der Waals surface area contributed by atoms with Crippen LogP contribution in [0.1, 0.15) is 54.5 Å². The normalized spacial score (nSPS) is 22.9. The molecule has 0 unspecified atom stereocenters. The molecular formula is C26H31ClO5. The summed E-state index contributed by atoms with van der Waals surface area (Å²) in [6, 6.07) is 9.91. The van der Waals surface area contributed by atoms with Gasteiger partial charge in [-0.1, -0.05) is 47.5 Å². The van der Waals surface area contributed by atoms with Gasteiger partial charge >= 0.3 is 5.97 Å². The Morgan fingerprint density at radius 3 is 2.56 bits per heavy atom. The summed E-state index contributed by atoms with van der Waals surface area (Å²) in [5.74, 6) is -0.155. The molecule has 0 saturated carbocycles. The van der Waals surface area contributed by atoms with Crippen molar-refractivity contribution >= 4 is 17.6 Å². The van der Waals surface area contributed by atoms with Crippen LogP contribution < -0.4 is 9.47 Å². The van der Waals surface area contributed by atoms with Crippen molar-refractivity contribution in [3.63, 3.8) is 0 Å². The highest BCUT2D eigenvalue weighted by molar-refractivity contribution is 6.30. The lowest BCUT2D eigenvalue weighted by Gasteiger charge is -2.42. The molecule has 0 aliphatic carbocycles. The first kappa shape index (κ1) is 24.1. The van der Waals surface area contributed by atoms with Crippen molar-refractivity contribution in [3.05, 3.63) is 69.8 Å². The number of halogens is 1. The van der Waals surface area contributed by atoms with E-state index in [1.54, 1.807) is 12.1 Å². The van der Waals surface area contributed by atoms with Gasteiger partial charge in [0.1, 0.15) is 0 Å². The number of rotatable bonds is 7. The minimum absolute atomic E-state index is 0.00717. The summed E-state index contributed by atoms with van der Waals surface area (Å²) in [7, 11) is 1.50. The highest BCUT2D eigenvalue weighted by Gasteiger charge is 2.40. The molecule has 2 aromatic rings. The molecule has 0 aromatic heterocycles. The van der Waals surface area contributed by atoms with E-state index in [2.05, 4.69) is 45.5 Å². The third-order valence-electron chi connectivity index (χ3n) is 6.17. The first-order valence-corrected chi connectivity index (χ1v) is 11.1. The van der Waals surface area contributed by atoms with Gasteiger partial charge in [-0.15, -0.1) is 0 Å². The number of hydrogen-bond donors (Lipinski definition) is 1. The number of aliphatic carboxylic acids is 1. The standard InChI is InChI=1S/C26H31ClO5/c1-14(2)20-12-21(19-8-7-15(3)9-16(19)4)17(5)32-25(20)22-10-18(27)11-23(30-6)26(22)31-13-24(28)29/h7-11,17,20-21,25H,1,12-13H2,2-6H3,(H,28,29)/t17-,20+,21-,25-/m0/s1. The van der Waals surface area contributed by atoms with Crippen molar-refractivity contribution in [2.75, 3.05) is 13.7 Å². The minimum atomic E-state index is -1.07. The summed E-state index contributed by atoms with van der Waals surface area (Å²) in [4.78, 5) is 11.2. The predicted molar refractivity (Wildman–Crippen MR) is 126 cm³/mol. The quantitative estimate of drug-likeness (QED) is 0.496. The van der Waals surface area contributed by atoms with Gasteiger partial charge in [-0.25, -0.2) is 4.79 Å². The second-order valence-electron chi connectivity index (χ2n) is 8.63. The topological polar surface area (TPSA) is 65.0 Å². The van der Waals surface area contributed by atoms with Crippen molar-refractivity contribution in [3.8, 4) is 11.5 Å². The molecule has 1 N–H and O–H groups in total. The van der Waals surface area contributed by atoms with Gasteiger partial charge in [0.15, 0.2) is 18.1 Å². The van der Waals surface area contributed by atoms with E-state index in [4.69, 9.17) is 30.9 Å². The van der Waals surface area contributed by atoms with Gasteiger partial charge < -0.3 is 19.3 Å². The number of carboxylic acids is 1. The van der Waals surface area contributed by atoms with E-state index in [9.17, 15) is 4.79 Å². The monoisotopic (exact) mass is 458 g/mol. The SMILES string of the molecule is C=C(C)[C@H]1C[C@H](c2ccc(C)cc2C)[C@H](C)O[C@@H]1c1cc(Cl)cc(OC)c1OCC(=O)O. The van der Waals surface area contributed by atoms with E-state index in [-0.39, 0.29) is 24.0 Å². The summed E-state index contributed by atoms with van der Waals surface area (Å²) in [6.45, 7) is 12.0. The maximum Gasteiger partial charge on any atom is 0.341 e. The molecule has 4 atom stereocenters. The van der Waals surface area contributed by atoms with E-state index >= 15 is 0 Å². The lowest BCUT2D eigenvalue weighted by molar-refractivity contribution is -0.139. The Bertz CT molecular complexity index is 1020. The van der Waals surface area contributed by atoms with Crippen LogP contribution in [0.4, 0.5) is 0 Å². The smallest absolute Gasteiger partial charge is 0.341 e. The average molecular weight is 459 g/mol. The van der Waals surface area contributed by atoms with E-state index in [1.165, 1.54) is 23.8 Å². The van der Waals surface area contributed by atoms with Crippen LogP contribution in [0.15, 0.2) is 42.5 Å². The average Bonchev–Trinajstić information content (AvgIpc) is 2.72. The van der Waals surface area contributed by atoms with Gasteiger partial charge in [-0.2, -0.15) is 0 Å². The van der Waals surface area contributed by atoms with Gasteiger partial charge in [0.25, 0.3) is 0 Å². The van der Waals surface area contributed by atoms with E-state index in [0.717, 1.165) is 12.0 Å². The molecule has 0 amide bonds. The number of carboxylic acid groups (broad SMARTS) is 1. The molecule has 0 bridgehead atoms. The number of carbonyl (C=O) groups is 1. The first-order chi connectivity index (χ1) is 15.1. The van der Waals surface area contributed by atoms with Crippen LogP contribution in [0.3, 0.4) is 0 Å². The molecular weight excluding hydrogens is 428 g/mol. The molecule has 1 heterocycles. The van der Waals surface area contributed by atoms with Crippen LogP contribution in [0, 0.1) is 19.8 Å². The highest BCUT2D eigenvalue weighted by atomic mass is 35.5. The summed E-state index contributed by atoms with van der Waals surface area (Å²) in [5.41, 5.74) is 5.42. The second kappa shape index (κ2) is 9.97. The summed E-state index contributed by atoms with van der Waals surface area (Å²) in [5, 5.41) is 9.61. The zero-order valence-corrected chi connectivity index (χ0v) is 20.0. The molecule has 1 fully saturated rings. The van der Waals surface area contributed by atoms with E-state index in [1.807, 2.05) is 6.92 Å². The second-order valence-corrected chi connectivity index (χ2v) is 9.06. The molecule has 5 nitrogen and oxygen atoms in total. The summed E-state index contributed by atoms with van der Waals surface area (Å²) < 4.78 is 17.7. The Hall–Kier alpha value is -2.50. The summed E-state index contributed by atoms with van der Waals surface area (Å²) >= 11 is 6.38. The van der Waals surface area contributed by atoms with E-state index < -0.39 is 12.6 Å². The molecule has 0 spiro atoms. The van der Waals surface area contributed by atoms with Crippen molar-refractivity contribution in [1.29, 1.82) is 0 Å². The Kier molecular flexibility index (Phi) is 7.52. The Labute approximate surface area is 195 Å². The fourth-order valence-electron chi connectivity index (χ4n) is 4.62. The van der Waals surface area contributed by atoms with Gasteiger partial charge in [-0.05, 0) is 51.3 Å². The van der Waals surface area contributed by atoms with Gasteiger partial charge in [0.2, 0.25) is 0 Å². The fourth-order valence-corrected chi connectivity index (χ4v) is 4.84. The molecule has 0 radical (unpaired) electrons. The van der Waals surface area contributed by atoms with Crippen LogP contribution in [-0.2, 0) is 9.53 Å². The number of methoxy groups -OCH3 is 1. The molecule has 3 rings (SSSR count).